The first kappa shape index (κ1) is 37.4. The zero-order valence-electron chi connectivity index (χ0n) is 23.3. The Balaban J connectivity index is 4.11. The van der Waals surface area contributed by atoms with Gasteiger partial charge >= 0.3 is 22.8 Å². The summed E-state index contributed by atoms with van der Waals surface area (Å²) in [7, 11) is -13.7. The van der Waals surface area contributed by atoms with Gasteiger partial charge in [-0.15, -0.1) is 0 Å². The van der Waals surface area contributed by atoms with Crippen LogP contribution >= 0.6 is 22.8 Å². The van der Waals surface area contributed by atoms with Crippen molar-refractivity contribution < 1.29 is 47.5 Å². The lowest BCUT2D eigenvalue weighted by atomic mass is 10.0. The van der Waals surface area contributed by atoms with Crippen molar-refractivity contribution in [1.82, 2.24) is 0 Å². The molecule has 0 radical (unpaired) electrons. The zero-order chi connectivity index (χ0) is 28.6. The SMILES string of the molecule is CCCCCCCCCCCCCCCCCC[N+](C)(C)CCCC(P(=O)(O)O)(P(=O)(O)O)P(=O)(O)O. The van der Waals surface area contributed by atoms with Gasteiger partial charge in [-0.05, 0) is 25.7 Å². The van der Waals surface area contributed by atoms with E-state index < -0.39 is 33.8 Å². The van der Waals surface area contributed by atoms with Crippen LogP contribution in [-0.4, -0.2) is 65.7 Å². The summed E-state index contributed by atoms with van der Waals surface area (Å²) in [6.07, 6.45) is 19.2. The number of hydrogen-bond donors (Lipinski definition) is 6. The molecule has 0 aliphatic heterocycles. The first-order chi connectivity index (χ1) is 17.0. The number of nitrogens with zero attached hydrogens (tertiary/aromatic N) is 1. The van der Waals surface area contributed by atoms with Crippen LogP contribution in [0.15, 0.2) is 0 Å². The van der Waals surface area contributed by atoms with Crippen molar-refractivity contribution in [3.8, 4) is 0 Å². The van der Waals surface area contributed by atoms with E-state index in [1.807, 2.05) is 14.1 Å². The van der Waals surface area contributed by atoms with E-state index >= 15 is 0 Å². The molecule has 0 atom stereocenters. The van der Waals surface area contributed by atoms with Crippen LogP contribution in [0.2, 0.25) is 0 Å². The van der Waals surface area contributed by atoms with Gasteiger partial charge in [0.15, 0.2) is 0 Å². The maximum Gasteiger partial charge on any atom is 0.356 e. The molecule has 0 bridgehead atoms. The van der Waals surface area contributed by atoms with Crippen molar-refractivity contribution in [1.29, 1.82) is 0 Å². The molecule has 6 N–H and O–H groups in total. The summed E-state index contributed by atoms with van der Waals surface area (Å²) in [5, 5.41) is 0. The highest BCUT2D eigenvalue weighted by Gasteiger charge is 2.71. The summed E-state index contributed by atoms with van der Waals surface area (Å²) < 4.78 is 32.3. The van der Waals surface area contributed by atoms with Gasteiger partial charge in [0.2, 0.25) is 0 Å². The monoisotopic (exact) mass is 594 g/mol. The van der Waals surface area contributed by atoms with Crippen molar-refractivity contribution in [2.45, 2.75) is 127 Å². The van der Waals surface area contributed by atoms with E-state index in [9.17, 15) is 43.1 Å². The van der Waals surface area contributed by atoms with Crippen molar-refractivity contribution in [3.63, 3.8) is 0 Å². The largest absolute Gasteiger partial charge is 0.356 e. The first-order valence-corrected chi connectivity index (χ1v) is 18.8. The Morgan fingerprint density at radius 1 is 0.486 bits per heavy atom. The molecule has 0 aromatic carbocycles. The third-order valence-electron chi connectivity index (χ3n) is 7.29. The topological polar surface area (TPSA) is 173 Å². The third kappa shape index (κ3) is 14.6. The molecule has 0 aliphatic rings. The van der Waals surface area contributed by atoms with E-state index in [0.29, 0.717) is 4.48 Å². The van der Waals surface area contributed by atoms with Gasteiger partial charge in [-0.25, -0.2) is 0 Å². The van der Waals surface area contributed by atoms with Crippen LogP contribution in [0.1, 0.15) is 122 Å². The summed E-state index contributed by atoms with van der Waals surface area (Å²) >= 11 is 0. The molecule has 37 heavy (non-hydrogen) atoms. The van der Waals surface area contributed by atoms with E-state index in [4.69, 9.17) is 0 Å². The average molecular weight is 595 g/mol. The minimum Gasteiger partial charge on any atom is -0.328 e. The van der Waals surface area contributed by atoms with Crippen LogP contribution in [0.4, 0.5) is 0 Å². The number of hydrogen-bond acceptors (Lipinski definition) is 3. The third-order valence-corrected chi connectivity index (χ3v) is 15.5. The maximum atomic E-state index is 11.8. The Morgan fingerprint density at radius 3 is 1.05 bits per heavy atom. The molecule has 13 heteroatoms. The molecule has 0 amide bonds. The second-order valence-electron chi connectivity index (χ2n) is 11.2. The number of quaternary nitrogens is 1. The van der Waals surface area contributed by atoms with Crippen molar-refractivity contribution >= 4 is 22.8 Å². The van der Waals surface area contributed by atoms with Gasteiger partial charge < -0.3 is 33.8 Å². The molecular formula is C24H55NO9P3+. The lowest BCUT2D eigenvalue weighted by molar-refractivity contribution is -0.890. The zero-order valence-corrected chi connectivity index (χ0v) is 26.0. The van der Waals surface area contributed by atoms with Crippen LogP contribution in [0.3, 0.4) is 0 Å². The van der Waals surface area contributed by atoms with Crippen LogP contribution in [-0.2, 0) is 13.7 Å². The van der Waals surface area contributed by atoms with Gasteiger partial charge in [0, 0.05) is 0 Å². The van der Waals surface area contributed by atoms with E-state index in [0.717, 1.165) is 25.8 Å². The molecule has 0 saturated carbocycles. The first-order valence-electron chi connectivity index (χ1n) is 14.0. The highest BCUT2D eigenvalue weighted by Crippen LogP contribution is 2.84. The van der Waals surface area contributed by atoms with Gasteiger partial charge in [-0.3, -0.25) is 13.7 Å². The Kier molecular flexibility index (Phi) is 18.2. The highest BCUT2D eigenvalue weighted by atomic mass is 31.3. The van der Waals surface area contributed by atoms with Crippen molar-refractivity contribution in [3.05, 3.63) is 0 Å². The summed E-state index contributed by atoms with van der Waals surface area (Å²) in [5.74, 6) is 0. The van der Waals surface area contributed by atoms with Crippen LogP contribution in [0.25, 0.3) is 0 Å². The van der Waals surface area contributed by atoms with Crippen molar-refractivity contribution in [2.75, 3.05) is 27.2 Å². The fraction of sp³-hybridized carbons (Fsp3) is 1.00. The Bertz CT molecular complexity index is 691. The molecule has 0 heterocycles. The summed E-state index contributed by atoms with van der Waals surface area (Å²) in [5.41, 5.74) is 0. The number of rotatable bonds is 24. The molecule has 0 aromatic heterocycles. The molecule has 0 fully saturated rings. The standard InChI is InChI=1S/C24H54NO9P3/c1-4-5-6-7-8-9-10-11-12-13-14-15-16-17-18-19-22-25(2,3)23-20-21-24(35(26,27)28,36(29,30)31)37(32,33)34/h4-23H2,1-3H3,(H5-,26,27,28,29,30,31,32,33,34)/p+1. The van der Waals surface area contributed by atoms with E-state index in [2.05, 4.69) is 6.92 Å². The Morgan fingerprint density at radius 2 is 0.757 bits per heavy atom. The highest BCUT2D eigenvalue weighted by molar-refractivity contribution is 7.88. The summed E-state index contributed by atoms with van der Waals surface area (Å²) in [4.78, 5) is 57.1. The Hall–Kier alpha value is 0.410. The van der Waals surface area contributed by atoms with Gasteiger partial charge in [0.05, 0.1) is 27.2 Å². The van der Waals surface area contributed by atoms with Gasteiger partial charge in [0.25, 0.3) is 4.64 Å². The molecular weight excluding hydrogens is 539 g/mol. The fourth-order valence-corrected chi connectivity index (χ4v) is 10.3. The van der Waals surface area contributed by atoms with E-state index in [1.165, 1.54) is 83.5 Å². The summed E-state index contributed by atoms with van der Waals surface area (Å²) in [6, 6.07) is 0. The van der Waals surface area contributed by atoms with Crippen LogP contribution in [0, 0.1) is 0 Å². The van der Waals surface area contributed by atoms with Gasteiger partial charge in [-0.1, -0.05) is 96.8 Å². The molecule has 0 aromatic rings. The second kappa shape index (κ2) is 18.0. The Labute approximate surface area is 224 Å². The molecule has 224 valence electrons. The lowest BCUT2D eigenvalue weighted by Crippen LogP contribution is -2.42. The number of unbranched alkanes of at least 4 members (excludes halogenated alkanes) is 15. The van der Waals surface area contributed by atoms with Crippen molar-refractivity contribution in [2.24, 2.45) is 0 Å². The average Bonchev–Trinajstić information content (AvgIpc) is 2.73. The molecule has 0 saturated heterocycles. The molecule has 0 spiro atoms. The quantitative estimate of drug-likeness (QED) is 0.0426. The predicted octanol–water partition coefficient (Wildman–Crippen LogP) is 6.29. The molecule has 0 unspecified atom stereocenters. The minimum absolute atomic E-state index is 0.146. The van der Waals surface area contributed by atoms with Crippen LogP contribution < -0.4 is 0 Å². The smallest absolute Gasteiger partial charge is 0.328 e. The predicted molar refractivity (Wildman–Crippen MR) is 149 cm³/mol. The van der Waals surface area contributed by atoms with E-state index in [-0.39, 0.29) is 13.0 Å². The van der Waals surface area contributed by atoms with Gasteiger partial charge in [0.1, 0.15) is 0 Å². The van der Waals surface area contributed by atoms with Crippen LogP contribution in [0.5, 0.6) is 0 Å². The van der Waals surface area contributed by atoms with Gasteiger partial charge in [-0.2, -0.15) is 0 Å². The second-order valence-corrected chi connectivity index (χ2v) is 17.8. The molecule has 0 rings (SSSR count). The van der Waals surface area contributed by atoms with E-state index in [1.54, 1.807) is 0 Å². The summed E-state index contributed by atoms with van der Waals surface area (Å²) in [6.45, 7) is 3.28. The minimum atomic E-state index is -5.82. The normalized spacial score (nSPS) is 13.9. The fourth-order valence-electron chi connectivity index (χ4n) is 4.89. The lowest BCUT2D eigenvalue weighted by Gasteiger charge is -2.36. The molecule has 10 nitrogen and oxygen atoms in total. The maximum absolute atomic E-state index is 11.8. The molecule has 0 aliphatic carbocycles.